The number of hydrogen-bond donors (Lipinski definition) is 1. The molecule has 3 fully saturated rings. The van der Waals surface area contributed by atoms with Gasteiger partial charge in [0.2, 0.25) is 0 Å². The molecule has 0 aromatic rings. The molecule has 4 aliphatic rings. The second-order valence-electron chi connectivity index (χ2n) is 10.6. The van der Waals surface area contributed by atoms with Gasteiger partial charge in [0.05, 0.1) is 18.6 Å². The van der Waals surface area contributed by atoms with Crippen LogP contribution >= 0.6 is 11.6 Å². The fourth-order valence-electron chi connectivity index (χ4n) is 8.05. The van der Waals surface area contributed by atoms with Gasteiger partial charge in [-0.05, 0) is 68.1 Å². The van der Waals surface area contributed by atoms with Crippen LogP contribution in [0, 0.1) is 34.0 Å². The maximum absolute atomic E-state index is 17.2. The van der Waals surface area contributed by atoms with E-state index in [1.165, 1.54) is 19.1 Å². The summed E-state index contributed by atoms with van der Waals surface area (Å²) < 4.78 is 38.0. The lowest BCUT2D eigenvalue weighted by Gasteiger charge is -2.63. The van der Waals surface area contributed by atoms with Gasteiger partial charge in [-0.1, -0.05) is 19.9 Å². The molecule has 3 saturated carbocycles. The first-order valence-corrected chi connectivity index (χ1v) is 12.1. The van der Waals surface area contributed by atoms with E-state index in [0.717, 1.165) is 6.08 Å². The maximum atomic E-state index is 17.2. The number of carbonyl (C=O) groups is 3. The maximum Gasteiger partial charge on any atom is 0.320 e. The number of aliphatic hydroxyl groups excluding tert-OH is 1. The average Bonchev–Trinajstić information content (AvgIpc) is 2.98. The Hall–Kier alpha value is -1.60. The Bertz CT molecular complexity index is 964. The lowest BCUT2D eigenvalue weighted by molar-refractivity contribution is -0.216. The summed E-state index contributed by atoms with van der Waals surface area (Å²) in [5.74, 6) is -4.13. The molecule has 4 aliphatic carbocycles. The van der Waals surface area contributed by atoms with Gasteiger partial charge in [-0.25, -0.2) is 8.78 Å². The van der Waals surface area contributed by atoms with Crippen LogP contribution in [0.15, 0.2) is 23.8 Å². The van der Waals surface area contributed by atoms with Crippen molar-refractivity contribution in [3.05, 3.63) is 23.8 Å². The molecular formula is C25H31ClF2O5. The summed E-state index contributed by atoms with van der Waals surface area (Å²) in [5.41, 5.74) is -6.57. The van der Waals surface area contributed by atoms with E-state index in [2.05, 4.69) is 0 Å². The van der Waals surface area contributed by atoms with Crippen LogP contribution in [0.1, 0.15) is 47.0 Å². The van der Waals surface area contributed by atoms with Crippen LogP contribution in [-0.4, -0.2) is 53.1 Å². The van der Waals surface area contributed by atoms with Crippen LogP contribution in [0.25, 0.3) is 0 Å². The molecule has 0 spiro atoms. The number of halogens is 3. The molecule has 0 saturated heterocycles. The Labute approximate surface area is 197 Å². The van der Waals surface area contributed by atoms with Gasteiger partial charge in [-0.15, -0.1) is 11.6 Å². The molecule has 1 N–H and O–H groups in total. The number of esters is 1. The summed E-state index contributed by atoms with van der Waals surface area (Å²) in [4.78, 5) is 38.6. The van der Waals surface area contributed by atoms with Crippen molar-refractivity contribution < 1.29 is 33.0 Å². The number of ether oxygens (including phenoxy) is 1. The molecule has 8 heteroatoms. The van der Waals surface area contributed by atoms with Gasteiger partial charge >= 0.3 is 5.97 Å². The fraction of sp³-hybridized carbons (Fsp3) is 0.720. The fourth-order valence-corrected chi connectivity index (χ4v) is 8.26. The van der Waals surface area contributed by atoms with E-state index in [4.69, 9.17) is 16.3 Å². The Morgan fingerprint density at radius 1 is 1.27 bits per heavy atom. The zero-order valence-electron chi connectivity index (χ0n) is 19.4. The third-order valence-corrected chi connectivity index (χ3v) is 9.67. The van der Waals surface area contributed by atoms with Crippen LogP contribution in [0.3, 0.4) is 0 Å². The summed E-state index contributed by atoms with van der Waals surface area (Å²) in [5, 5.41) is 11.4. The molecule has 9 atom stereocenters. The summed E-state index contributed by atoms with van der Waals surface area (Å²) >= 11 is 5.97. The molecule has 0 unspecified atom stereocenters. The van der Waals surface area contributed by atoms with Gasteiger partial charge in [0.1, 0.15) is 11.6 Å². The summed E-state index contributed by atoms with van der Waals surface area (Å²) in [7, 11) is 0. The quantitative estimate of drug-likeness (QED) is 0.372. The molecule has 0 amide bonds. The van der Waals surface area contributed by atoms with Gasteiger partial charge in [0.25, 0.3) is 0 Å². The van der Waals surface area contributed by atoms with Gasteiger partial charge in [0.15, 0.2) is 17.2 Å². The second-order valence-corrected chi connectivity index (χ2v) is 10.8. The van der Waals surface area contributed by atoms with E-state index in [0.29, 0.717) is 6.42 Å². The van der Waals surface area contributed by atoms with Gasteiger partial charge in [-0.2, -0.15) is 0 Å². The molecule has 0 aliphatic heterocycles. The largest absolute Gasteiger partial charge is 0.465 e. The number of fused-ring (bicyclic) bond motifs is 5. The van der Waals surface area contributed by atoms with Crippen LogP contribution in [-0.2, 0) is 19.1 Å². The van der Waals surface area contributed by atoms with Crippen molar-refractivity contribution in [3.63, 3.8) is 0 Å². The Kier molecular flexibility index (Phi) is 5.73. The topological polar surface area (TPSA) is 80.7 Å². The lowest BCUT2D eigenvalue weighted by Crippen LogP contribution is -2.70. The molecule has 0 aromatic carbocycles. The minimum absolute atomic E-state index is 0.0379. The molecule has 5 nitrogen and oxygen atoms in total. The van der Waals surface area contributed by atoms with Gasteiger partial charge in [-0.3, -0.25) is 14.4 Å². The third kappa shape index (κ3) is 2.75. The third-order valence-electron chi connectivity index (χ3n) is 9.42. The summed E-state index contributed by atoms with van der Waals surface area (Å²) in [6.07, 6.45) is 0.433. The van der Waals surface area contributed by atoms with Crippen molar-refractivity contribution in [3.8, 4) is 0 Å². The highest BCUT2D eigenvalue weighted by atomic mass is 35.5. The number of rotatable bonds is 4. The van der Waals surface area contributed by atoms with Crippen molar-refractivity contribution in [2.24, 2.45) is 34.0 Å². The summed E-state index contributed by atoms with van der Waals surface area (Å²) in [6.45, 7) is 6.68. The van der Waals surface area contributed by atoms with E-state index < -0.39 is 75.4 Å². The van der Waals surface area contributed by atoms with Crippen molar-refractivity contribution in [2.75, 3.05) is 12.5 Å². The van der Waals surface area contributed by atoms with E-state index >= 15 is 8.78 Å². The van der Waals surface area contributed by atoms with Gasteiger partial charge < -0.3 is 9.84 Å². The van der Waals surface area contributed by atoms with E-state index in [-0.39, 0.29) is 25.0 Å². The van der Waals surface area contributed by atoms with E-state index in [1.54, 1.807) is 20.8 Å². The van der Waals surface area contributed by atoms with Crippen LogP contribution < -0.4 is 0 Å². The monoisotopic (exact) mass is 484 g/mol. The van der Waals surface area contributed by atoms with Crippen molar-refractivity contribution in [2.45, 2.75) is 64.9 Å². The molecule has 182 valence electrons. The minimum atomic E-state index is -2.27. The molecule has 0 heterocycles. The molecule has 4 rings (SSSR count). The van der Waals surface area contributed by atoms with Crippen molar-refractivity contribution in [1.82, 2.24) is 0 Å². The lowest BCUT2D eigenvalue weighted by atomic mass is 9.43. The van der Waals surface area contributed by atoms with Crippen molar-refractivity contribution in [1.29, 1.82) is 0 Å². The normalized spacial score (nSPS) is 48.4. The number of ketones is 2. The standard InChI is InChI=1S/C25H31ClF2O5/c1-5-33-21(32)24(20(31)12-26)13(2)8-15-16-10-18(27)17-9-14(29)6-7-22(17,3)25(16,28)19(30)11-23(15,24)4/h6-7,9,13,15-16,18-19,30H,5,8,10-12H2,1-4H3/t13-,15-,16-,18-,19-,22-,23-,24+,25-/m0/s1. The Morgan fingerprint density at radius 2 is 1.94 bits per heavy atom. The predicted molar refractivity (Wildman–Crippen MR) is 118 cm³/mol. The SMILES string of the molecule is CCOC(=O)[C@]1(C(=O)CCl)[C@@H](C)C[C@H]2[C@@H]3C[C@H](F)C4=CC(=O)C=C[C@]4(C)[C@@]3(F)[C@@H](O)C[C@@]21C. The Balaban J connectivity index is 1.90. The first-order chi connectivity index (χ1) is 15.4. The first kappa shape index (κ1) is 24.5. The smallest absolute Gasteiger partial charge is 0.320 e. The van der Waals surface area contributed by atoms with Crippen LogP contribution in [0.2, 0.25) is 0 Å². The van der Waals surface area contributed by atoms with E-state index in [9.17, 15) is 19.5 Å². The predicted octanol–water partition coefficient (Wildman–Crippen LogP) is 3.91. The zero-order valence-corrected chi connectivity index (χ0v) is 20.1. The highest BCUT2D eigenvalue weighted by molar-refractivity contribution is 6.30. The van der Waals surface area contributed by atoms with Crippen molar-refractivity contribution >= 4 is 29.1 Å². The zero-order chi connectivity index (χ0) is 24.6. The van der Waals surface area contributed by atoms with Gasteiger partial charge in [0, 0.05) is 11.3 Å². The number of carbonyl (C=O) groups excluding carboxylic acids is 3. The number of allylic oxidation sites excluding steroid dienone is 4. The molecular weight excluding hydrogens is 454 g/mol. The van der Waals surface area contributed by atoms with Crippen LogP contribution in [0.5, 0.6) is 0 Å². The minimum Gasteiger partial charge on any atom is -0.465 e. The highest BCUT2D eigenvalue weighted by Crippen LogP contribution is 2.73. The number of Topliss-reactive ketones (excluding diaryl/α,β-unsaturated/α-hetero) is 1. The molecule has 0 bridgehead atoms. The number of aliphatic hydroxyl groups is 1. The van der Waals surface area contributed by atoms with Crippen LogP contribution in [0.4, 0.5) is 8.78 Å². The molecule has 33 heavy (non-hydrogen) atoms. The first-order valence-electron chi connectivity index (χ1n) is 11.6. The molecule has 0 aromatic heterocycles. The Morgan fingerprint density at radius 3 is 2.55 bits per heavy atom. The summed E-state index contributed by atoms with van der Waals surface area (Å²) in [6, 6.07) is 0. The number of alkyl halides is 3. The molecule has 0 radical (unpaired) electrons. The van der Waals surface area contributed by atoms with E-state index in [1.807, 2.05) is 0 Å². The number of hydrogen-bond acceptors (Lipinski definition) is 5. The highest BCUT2D eigenvalue weighted by Gasteiger charge is 2.78. The average molecular weight is 485 g/mol. The second kappa shape index (κ2) is 7.70.